The second-order valence-corrected chi connectivity index (χ2v) is 9.18. The summed E-state index contributed by atoms with van der Waals surface area (Å²) in [7, 11) is -0.466. The predicted octanol–water partition coefficient (Wildman–Crippen LogP) is 1.15. The van der Waals surface area contributed by atoms with Crippen molar-refractivity contribution in [1.29, 1.82) is 0 Å². The maximum atomic E-state index is 12.6. The highest BCUT2D eigenvalue weighted by atomic mass is 32.2. The van der Waals surface area contributed by atoms with Crippen LogP contribution in [0.3, 0.4) is 0 Å². The zero-order chi connectivity index (χ0) is 17.4. The number of hydrogen-bond donors (Lipinski definition) is 1. The zero-order valence-electron chi connectivity index (χ0n) is 14.3. The van der Waals surface area contributed by atoms with Crippen molar-refractivity contribution in [2.24, 2.45) is 5.41 Å². The van der Waals surface area contributed by atoms with Crippen LogP contribution in [0.4, 0.5) is 0 Å². The molecule has 2 aliphatic heterocycles. The molecule has 1 aromatic carbocycles. The van der Waals surface area contributed by atoms with Crippen LogP contribution in [-0.4, -0.2) is 63.8 Å². The Morgan fingerprint density at radius 3 is 2.25 bits per heavy atom. The Kier molecular flexibility index (Phi) is 4.68. The van der Waals surface area contributed by atoms with E-state index in [2.05, 4.69) is 5.32 Å². The average molecular weight is 351 g/mol. The van der Waals surface area contributed by atoms with Gasteiger partial charge in [0.15, 0.2) is 0 Å². The van der Waals surface area contributed by atoms with E-state index in [1.807, 2.05) is 4.90 Å². The number of benzene rings is 1. The first-order valence-corrected chi connectivity index (χ1v) is 9.81. The molecule has 2 heterocycles. The predicted molar refractivity (Wildman–Crippen MR) is 92.4 cm³/mol. The maximum Gasteiger partial charge on any atom is 0.253 e. The Labute approximate surface area is 143 Å². The highest BCUT2D eigenvalue weighted by Crippen LogP contribution is 2.37. The summed E-state index contributed by atoms with van der Waals surface area (Å²) in [6, 6.07) is 6.24. The van der Waals surface area contributed by atoms with Gasteiger partial charge < -0.3 is 10.2 Å². The summed E-state index contributed by atoms with van der Waals surface area (Å²) in [6.07, 6.45) is 3.28. The van der Waals surface area contributed by atoms with E-state index < -0.39 is 10.0 Å². The number of hydrogen-bond acceptors (Lipinski definition) is 4. The molecule has 7 heteroatoms. The first-order chi connectivity index (χ1) is 11.3. The van der Waals surface area contributed by atoms with Crippen LogP contribution >= 0.6 is 0 Å². The average Bonchev–Trinajstić information content (AvgIpc) is 3.03. The minimum atomic E-state index is -3.46. The quantitative estimate of drug-likeness (QED) is 0.887. The first-order valence-electron chi connectivity index (χ1n) is 8.37. The van der Waals surface area contributed by atoms with Gasteiger partial charge in [-0.2, -0.15) is 0 Å². The van der Waals surface area contributed by atoms with E-state index in [0.29, 0.717) is 11.0 Å². The number of carbonyl (C=O) groups is 1. The number of sulfonamides is 1. The third-order valence-corrected chi connectivity index (χ3v) is 7.15. The van der Waals surface area contributed by atoms with Crippen LogP contribution in [0.2, 0.25) is 0 Å². The SMILES string of the molecule is CN(C)S(=O)(=O)c1ccc(C(=O)N2CCC3(CCNC3)CC2)cc1. The van der Waals surface area contributed by atoms with E-state index in [9.17, 15) is 13.2 Å². The second-order valence-electron chi connectivity index (χ2n) is 7.03. The van der Waals surface area contributed by atoms with Gasteiger partial charge in [0.05, 0.1) is 4.90 Å². The van der Waals surface area contributed by atoms with Crippen LogP contribution in [-0.2, 0) is 10.0 Å². The Bertz CT molecular complexity index is 697. The van der Waals surface area contributed by atoms with E-state index in [1.54, 1.807) is 12.1 Å². The standard InChI is InChI=1S/C17H25N3O3S/c1-19(2)24(22,23)15-5-3-14(4-6-15)16(21)20-11-8-17(9-12-20)7-10-18-13-17/h3-6,18H,7-13H2,1-2H3. The maximum absolute atomic E-state index is 12.6. The molecule has 0 radical (unpaired) electrons. The van der Waals surface area contributed by atoms with Gasteiger partial charge in [-0.25, -0.2) is 12.7 Å². The number of likely N-dealkylation sites (tertiary alicyclic amines) is 1. The molecule has 1 N–H and O–H groups in total. The smallest absolute Gasteiger partial charge is 0.253 e. The van der Waals surface area contributed by atoms with E-state index >= 15 is 0 Å². The lowest BCUT2D eigenvalue weighted by Gasteiger charge is -2.38. The lowest BCUT2D eigenvalue weighted by Crippen LogP contribution is -2.44. The molecule has 3 rings (SSSR count). The Balaban J connectivity index is 1.68. The van der Waals surface area contributed by atoms with Gasteiger partial charge in [-0.15, -0.1) is 0 Å². The number of nitrogens with zero attached hydrogens (tertiary/aromatic N) is 2. The molecule has 0 unspecified atom stereocenters. The molecule has 2 saturated heterocycles. The molecule has 1 spiro atoms. The molecule has 0 aromatic heterocycles. The van der Waals surface area contributed by atoms with Crippen molar-refractivity contribution in [2.45, 2.75) is 24.2 Å². The summed E-state index contributed by atoms with van der Waals surface area (Å²) in [4.78, 5) is 14.7. The third kappa shape index (κ3) is 3.20. The Hall–Kier alpha value is -1.44. The molecule has 2 aliphatic rings. The second kappa shape index (κ2) is 6.46. The van der Waals surface area contributed by atoms with Crippen LogP contribution in [0.5, 0.6) is 0 Å². The molecule has 0 aliphatic carbocycles. The summed E-state index contributed by atoms with van der Waals surface area (Å²) in [5.41, 5.74) is 0.925. The van der Waals surface area contributed by atoms with Gasteiger partial charge in [0.2, 0.25) is 10.0 Å². The van der Waals surface area contributed by atoms with Gasteiger partial charge in [0.1, 0.15) is 0 Å². The van der Waals surface area contributed by atoms with Crippen LogP contribution in [0.15, 0.2) is 29.2 Å². The molecule has 2 fully saturated rings. The van der Waals surface area contributed by atoms with E-state index in [-0.39, 0.29) is 10.8 Å². The topological polar surface area (TPSA) is 69.7 Å². The minimum absolute atomic E-state index is 0.00962. The summed E-state index contributed by atoms with van der Waals surface area (Å²) in [5, 5.41) is 3.42. The van der Waals surface area contributed by atoms with Crippen molar-refractivity contribution >= 4 is 15.9 Å². The van der Waals surface area contributed by atoms with Gasteiger partial charge >= 0.3 is 0 Å². The summed E-state index contributed by atoms with van der Waals surface area (Å²) >= 11 is 0. The van der Waals surface area contributed by atoms with Crippen molar-refractivity contribution in [1.82, 2.24) is 14.5 Å². The summed E-state index contributed by atoms with van der Waals surface area (Å²) in [5.74, 6) is -0.00962. The lowest BCUT2D eigenvalue weighted by atomic mass is 9.78. The van der Waals surface area contributed by atoms with Crippen molar-refractivity contribution in [3.05, 3.63) is 29.8 Å². The molecular weight excluding hydrogens is 326 g/mol. The third-order valence-electron chi connectivity index (χ3n) is 5.32. The van der Waals surface area contributed by atoms with Crippen molar-refractivity contribution in [2.75, 3.05) is 40.3 Å². The van der Waals surface area contributed by atoms with Crippen LogP contribution in [0, 0.1) is 5.41 Å². The molecule has 0 bridgehead atoms. The molecule has 1 amide bonds. The number of amides is 1. The molecule has 0 saturated carbocycles. The molecule has 1 aromatic rings. The normalized spacial score (nSPS) is 20.7. The zero-order valence-corrected chi connectivity index (χ0v) is 15.1. The monoisotopic (exact) mass is 351 g/mol. The van der Waals surface area contributed by atoms with E-state index in [0.717, 1.165) is 39.0 Å². The highest BCUT2D eigenvalue weighted by molar-refractivity contribution is 7.89. The fourth-order valence-electron chi connectivity index (χ4n) is 3.57. The number of piperidine rings is 1. The van der Waals surface area contributed by atoms with Gasteiger partial charge in [-0.1, -0.05) is 0 Å². The molecule has 0 atom stereocenters. The van der Waals surface area contributed by atoms with Crippen LogP contribution in [0.25, 0.3) is 0 Å². The Morgan fingerprint density at radius 1 is 1.12 bits per heavy atom. The van der Waals surface area contributed by atoms with Crippen LogP contribution in [0.1, 0.15) is 29.6 Å². The van der Waals surface area contributed by atoms with Crippen molar-refractivity contribution in [3.63, 3.8) is 0 Å². The van der Waals surface area contributed by atoms with E-state index in [4.69, 9.17) is 0 Å². The van der Waals surface area contributed by atoms with Crippen molar-refractivity contribution in [3.8, 4) is 0 Å². The molecular formula is C17H25N3O3S. The lowest BCUT2D eigenvalue weighted by molar-refractivity contribution is 0.0607. The number of carbonyl (C=O) groups excluding carboxylic acids is 1. The van der Waals surface area contributed by atoms with Crippen molar-refractivity contribution < 1.29 is 13.2 Å². The molecule has 132 valence electrons. The summed E-state index contributed by atoms with van der Waals surface area (Å²) < 4.78 is 25.3. The Morgan fingerprint density at radius 2 is 1.75 bits per heavy atom. The number of rotatable bonds is 3. The van der Waals surface area contributed by atoms with Gasteiger partial charge in [0, 0.05) is 39.3 Å². The van der Waals surface area contributed by atoms with E-state index in [1.165, 1.54) is 37.0 Å². The van der Waals surface area contributed by atoms with Gasteiger partial charge in [-0.05, 0) is 55.5 Å². The molecule has 6 nitrogen and oxygen atoms in total. The minimum Gasteiger partial charge on any atom is -0.339 e. The fourth-order valence-corrected chi connectivity index (χ4v) is 4.47. The fraction of sp³-hybridized carbons (Fsp3) is 0.588. The highest BCUT2D eigenvalue weighted by Gasteiger charge is 2.38. The van der Waals surface area contributed by atoms with Gasteiger partial charge in [-0.3, -0.25) is 4.79 Å². The summed E-state index contributed by atoms with van der Waals surface area (Å²) in [6.45, 7) is 3.69. The first kappa shape index (κ1) is 17.4. The van der Waals surface area contributed by atoms with Crippen LogP contribution < -0.4 is 5.32 Å². The van der Waals surface area contributed by atoms with Gasteiger partial charge in [0.25, 0.3) is 5.91 Å². The largest absolute Gasteiger partial charge is 0.339 e. The molecule has 24 heavy (non-hydrogen) atoms. The number of nitrogens with one attached hydrogen (secondary N) is 1.